The number of hydrogen-bond acceptors (Lipinski definition) is 2. The number of likely N-dealkylation sites (tertiary alicyclic amines) is 1. The van der Waals surface area contributed by atoms with Crippen molar-refractivity contribution in [3.63, 3.8) is 0 Å². The minimum Gasteiger partial charge on any atom is -0.326 e. The molecule has 1 aliphatic rings. The second-order valence-corrected chi connectivity index (χ2v) is 5.05. The molecule has 1 aliphatic heterocycles. The van der Waals surface area contributed by atoms with Gasteiger partial charge in [0.25, 0.3) is 0 Å². The van der Waals surface area contributed by atoms with E-state index in [1.165, 1.54) is 13.0 Å². The standard InChI is InChI=1S/C10H22N2/c1-8-5-6-12(7-9(8)11)10(2,3)4/h8-9H,5-7,11H2,1-4H3/t8-,9-/m0/s1. The lowest BCUT2D eigenvalue weighted by atomic mass is 9.91. The molecule has 1 heterocycles. The molecule has 2 nitrogen and oxygen atoms in total. The first-order valence-corrected chi connectivity index (χ1v) is 4.92. The molecule has 2 atom stereocenters. The van der Waals surface area contributed by atoms with E-state index in [0.29, 0.717) is 12.0 Å². The van der Waals surface area contributed by atoms with Crippen LogP contribution in [0.3, 0.4) is 0 Å². The van der Waals surface area contributed by atoms with Gasteiger partial charge in [-0.15, -0.1) is 0 Å². The average Bonchev–Trinajstić information content (AvgIpc) is 1.92. The quantitative estimate of drug-likeness (QED) is 0.596. The second kappa shape index (κ2) is 3.35. The van der Waals surface area contributed by atoms with Crippen molar-refractivity contribution in [3.8, 4) is 0 Å². The van der Waals surface area contributed by atoms with Crippen molar-refractivity contribution in [2.45, 2.75) is 45.7 Å². The average molecular weight is 170 g/mol. The zero-order chi connectivity index (χ0) is 9.35. The molecule has 0 bridgehead atoms. The second-order valence-electron chi connectivity index (χ2n) is 5.05. The molecule has 0 aliphatic carbocycles. The Morgan fingerprint density at radius 2 is 1.92 bits per heavy atom. The summed E-state index contributed by atoms with van der Waals surface area (Å²) in [6.45, 7) is 11.3. The van der Waals surface area contributed by atoms with E-state index in [1.54, 1.807) is 0 Å². The molecule has 1 saturated heterocycles. The fourth-order valence-electron chi connectivity index (χ4n) is 1.71. The largest absolute Gasteiger partial charge is 0.326 e. The molecule has 0 amide bonds. The molecule has 0 unspecified atom stereocenters. The van der Waals surface area contributed by atoms with Gasteiger partial charge in [0.2, 0.25) is 0 Å². The van der Waals surface area contributed by atoms with Crippen molar-refractivity contribution in [1.29, 1.82) is 0 Å². The van der Waals surface area contributed by atoms with Crippen molar-refractivity contribution in [2.75, 3.05) is 13.1 Å². The Morgan fingerprint density at radius 1 is 1.33 bits per heavy atom. The summed E-state index contributed by atoms with van der Waals surface area (Å²) in [5.74, 6) is 0.698. The van der Waals surface area contributed by atoms with E-state index in [9.17, 15) is 0 Å². The van der Waals surface area contributed by atoms with Gasteiger partial charge in [0.05, 0.1) is 0 Å². The van der Waals surface area contributed by atoms with Crippen LogP contribution < -0.4 is 5.73 Å². The van der Waals surface area contributed by atoms with Gasteiger partial charge in [-0.05, 0) is 39.7 Å². The third kappa shape index (κ3) is 2.20. The van der Waals surface area contributed by atoms with Gasteiger partial charge in [-0.3, -0.25) is 4.90 Å². The Kier molecular flexibility index (Phi) is 2.79. The maximum atomic E-state index is 6.02. The third-order valence-corrected chi connectivity index (χ3v) is 2.97. The van der Waals surface area contributed by atoms with E-state index >= 15 is 0 Å². The van der Waals surface area contributed by atoms with Gasteiger partial charge < -0.3 is 5.73 Å². The normalized spacial score (nSPS) is 33.8. The topological polar surface area (TPSA) is 29.3 Å². The zero-order valence-electron chi connectivity index (χ0n) is 8.80. The van der Waals surface area contributed by atoms with E-state index in [-0.39, 0.29) is 5.54 Å². The van der Waals surface area contributed by atoms with Crippen LogP contribution in [-0.4, -0.2) is 29.6 Å². The Balaban J connectivity index is 2.51. The zero-order valence-corrected chi connectivity index (χ0v) is 8.80. The highest BCUT2D eigenvalue weighted by Gasteiger charge is 2.29. The minimum atomic E-state index is 0.289. The van der Waals surface area contributed by atoms with Crippen LogP contribution in [0.1, 0.15) is 34.1 Å². The predicted octanol–water partition coefficient (Wildman–Crippen LogP) is 1.45. The SMILES string of the molecule is C[C@H]1CCN(C(C)(C)C)C[C@@H]1N. The molecule has 2 heteroatoms. The number of hydrogen-bond donors (Lipinski definition) is 1. The summed E-state index contributed by atoms with van der Waals surface area (Å²) in [7, 11) is 0. The molecule has 0 spiro atoms. The lowest BCUT2D eigenvalue weighted by Gasteiger charge is -2.43. The van der Waals surface area contributed by atoms with Gasteiger partial charge in [-0.25, -0.2) is 0 Å². The van der Waals surface area contributed by atoms with Crippen molar-refractivity contribution in [1.82, 2.24) is 4.90 Å². The van der Waals surface area contributed by atoms with Crippen LogP contribution in [0.25, 0.3) is 0 Å². The summed E-state index contributed by atoms with van der Waals surface area (Å²) in [6, 6.07) is 0.373. The maximum absolute atomic E-state index is 6.02. The molecular formula is C10H22N2. The van der Waals surface area contributed by atoms with Gasteiger partial charge in [-0.1, -0.05) is 6.92 Å². The van der Waals surface area contributed by atoms with Crippen molar-refractivity contribution in [2.24, 2.45) is 11.7 Å². The molecule has 12 heavy (non-hydrogen) atoms. The van der Waals surface area contributed by atoms with Crippen LogP contribution in [0.15, 0.2) is 0 Å². The Morgan fingerprint density at radius 3 is 2.33 bits per heavy atom. The number of nitrogens with two attached hydrogens (primary N) is 1. The molecule has 1 fully saturated rings. The van der Waals surface area contributed by atoms with Crippen LogP contribution in [0.2, 0.25) is 0 Å². The third-order valence-electron chi connectivity index (χ3n) is 2.97. The van der Waals surface area contributed by atoms with Gasteiger partial charge >= 0.3 is 0 Å². The number of rotatable bonds is 0. The molecular weight excluding hydrogens is 148 g/mol. The summed E-state index contributed by atoms with van der Waals surface area (Å²) < 4.78 is 0. The van der Waals surface area contributed by atoms with E-state index in [0.717, 1.165) is 6.54 Å². The van der Waals surface area contributed by atoms with Crippen LogP contribution in [0, 0.1) is 5.92 Å². The molecule has 1 rings (SSSR count). The Bertz CT molecular complexity index is 148. The summed E-state index contributed by atoms with van der Waals surface area (Å²) in [4.78, 5) is 2.48. The monoisotopic (exact) mass is 170 g/mol. The number of piperidine rings is 1. The predicted molar refractivity (Wildman–Crippen MR) is 53.1 cm³/mol. The first-order valence-electron chi connectivity index (χ1n) is 4.92. The van der Waals surface area contributed by atoms with Crippen molar-refractivity contribution in [3.05, 3.63) is 0 Å². The lowest BCUT2D eigenvalue weighted by Crippen LogP contribution is -2.54. The smallest absolute Gasteiger partial charge is 0.0194 e. The summed E-state index contributed by atoms with van der Waals surface area (Å²) >= 11 is 0. The van der Waals surface area contributed by atoms with Gasteiger partial charge in [0.1, 0.15) is 0 Å². The van der Waals surface area contributed by atoms with Gasteiger partial charge in [-0.2, -0.15) is 0 Å². The van der Waals surface area contributed by atoms with Crippen molar-refractivity contribution < 1.29 is 0 Å². The highest BCUT2D eigenvalue weighted by molar-refractivity contribution is 4.86. The first kappa shape index (κ1) is 10.0. The fourth-order valence-corrected chi connectivity index (χ4v) is 1.71. The first-order chi connectivity index (χ1) is 5.41. The fraction of sp³-hybridized carbons (Fsp3) is 1.00. The molecule has 72 valence electrons. The van der Waals surface area contributed by atoms with Gasteiger partial charge in [0.15, 0.2) is 0 Å². The maximum Gasteiger partial charge on any atom is 0.0194 e. The van der Waals surface area contributed by atoms with E-state index in [1.807, 2.05) is 0 Å². The lowest BCUT2D eigenvalue weighted by molar-refractivity contribution is 0.0782. The summed E-state index contributed by atoms with van der Waals surface area (Å²) in [5.41, 5.74) is 6.31. The van der Waals surface area contributed by atoms with Crippen LogP contribution in [-0.2, 0) is 0 Å². The number of nitrogens with zero attached hydrogens (tertiary/aromatic N) is 1. The van der Waals surface area contributed by atoms with Crippen molar-refractivity contribution >= 4 is 0 Å². The van der Waals surface area contributed by atoms with Crippen LogP contribution in [0.4, 0.5) is 0 Å². The van der Waals surface area contributed by atoms with Crippen LogP contribution in [0.5, 0.6) is 0 Å². The van der Waals surface area contributed by atoms with E-state index < -0.39 is 0 Å². The van der Waals surface area contributed by atoms with E-state index in [2.05, 4.69) is 32.6 Å². The summed E-state index contributed by atoms with van der Waals surface area (Å²) in [6.07, 6.45) is 1.25. The highest BCUT2D eigenvalue weighted by Crippen LogP contribution is 2.22. The molecule has 0 radical (unpaired) electrons. The van der Waals surface area contributed by atoms with E-state index in [4.69, 9.17) is 5.73 Å². The van der Waals surface area contributed by atoms with Gasteiger partial charge in [0, 0.05) is 18.1 Å². The molecule has 0 saturated carbocycles. The molecule has 2 N–H and O–H groups in total. The molecule has 0 aromatic carbocycles. The highest BCUT2D eigenvalue weighted by atomic mass is 15.2. The Labute approximate surface area is 76.1 Å². The molecule has 0 aromatic rings. The van der Waals surface area contributed by atoms with Crippen LogP contribution >= 0.6 is 0 Å². The molecule has 0 aromatic heterocycles. The summed E-state index contributed by atoms with van der Waals surface area (Å²) in [5, 5.41) is 0. The Hall–Kier alpha value is -0.0800. The minimum absolute atomic E-state index is 0.289.